The summed E-state index contributed by atoms with van der Waals surface area (Å²) in [6.07, 6.45) is 7.34. The molecule has 0 saturated carbocycles. The van der Waals surface area contributed by atoms with E-state index in [1.54, 1.807) is 0 Å². The quantitative estimate of drug-likeness (QED) is 0.827. The van der Waals surface area contributed by atoms with Crippen LogP contribution in [0.1, 0.15) is 31.0 Å². The number of aromatic nitrogens is 1. The predicted octanol–water partition coefficient (Wildman–Crippen LogP) is 4.26. The van der Waals surface area contributed by atoms with Gasteiger partial charge in [-0.05, 0) is 60.5 Å². The minimum Gasteiger partial charge on any atom is -0.351 e. The standard InChI is InChI=1S/C19H21N3OS/c1-3-4-6-14-8-10-15(11-9-14)20-19-21-18(23)17(24-19)13-16-7-5-12-22(16)2/h5,7-13H,3-4,6H2,1-2H3,(H,20,21,23)/b17-13+. The van der Waals surface area contributed by atoms with Gasteiger partial charge >= 0.3 is 0 Å². The van der Waals surface area contributed by atoms with Gasteiger partial charge in [0.2, 0.25) is 0 Å². The summed E-state index contributed by atoms with van der Waals surface area (Å²) >= 11 is 1.38. The van der Waals surface area contributed by atoms with Crippen molar-refractivity contribution in [3.8, 4) is 0 Å². The molecule has 0 radical (unpaired) electrons. The maximum Gasteiger partial charge on any atom is 0.264 e. The summed E-state index contributed by atoms with van der Waals surface area (Å²) in [5.41, 5.74) is 3.18. The summed E-state index contributed by atoms with van der Waals surface area (Å²) in [7, 11) is 1.96. The van der Waals surface area contributed by atoms with Gasteiger partial charge in [-0.1, -0.05) is 25.5 Å². The van der Waals surface area contributed by atoms with E-state index in [2.05, 4.69) is 29.4 Å². The number of nitrogens with zero attached hydrogens (tertiary/aromatic N) is 2. The van der Waals surface area contributed by atoms with Gasteiger partial charge in [0.1, 0.15) is 0 Å². The first kappa shape index (κ1) is 16.6. The molecule has 5 heteroatoms. The third kappa shape index (κ3) is 3.97. The molecule has 4 nitrogen and oxygen atoms in total. The van der Waals surface area contributed by atoms with E-state index < -0.39 is 0 Å². The van der Waals surface area contributed by atoms with Crippen molar-refractivity contribution in [2.24, 2.45) is 12.0 Å². The zero-order chi connectivity index (χ0) is 16.9. The molecule has 3 rings (SSSR count). The Morgan fingerprint density at radius 1 is 1.25 bits per heavy atom. The van der Waals surface area contributed by atoms with Gasteiger partial charge in [0.15, 0.2) is 5.17 Å². The molecule has 2 aromatic rings. The lowest BCUT2D eigenvalue weighted by molar-refractivity contribution is -0.115. The van der Waals surface area contributed by atoms with Crippen LogP contribution in [-0.4, -0.2) is 15.6 Å². The molecule has 0 aliphatic carbocycles. The molecule has 24 heavy (non-hydrogen) atoms. The van der Waals surface area contributed by atoms with E-state index in [0.29, 0.717) is 10.1 Å². The smallest absolute Gasteiger partial charge is 0.264 e. The number of carbonyl (C=O) groups is 1. The van der Waals surface area contributed by atoms with Crippen LogP contribution in [0.25, 0.3) is 6.08 Å². The predicted molar refractivity (Wildman–Crippen MR) is 101 cm³/mol. The van der Waals surface area contributed by atoms with Crippen molar-refractivity contribution in [1.29, 1.82) is 0 Å². The molecule has 0 spiro atoms. The van der Waals surface area contributed by atoms with Crippen LogP contribution in [0, 0.1) is 0 Å². The van der Waals surface area contributed by atoms with Crippen LogP contribution in [0.4, 0.5) is 5.69 Å². The number of hydrogen-bond acceptors (Lipinski definition) is 3. The lowest BCUT2D eigenvalue weighted by Crippen LogP contribution is -2.19. The van der Waals surface area contributed by atoms with Gasteiger partial charge in [0.05, 0.1) is 10.6 Å². The van der Waals surface area contributed by atoms with Crippen molar-refractivity contribution in [3.05, 3.63) is 58.8 Å². The van der Waals surface area contributed by atoms with E-state index >= 15 is 0 Å². The van der Waals surface area contributed by atoms with Gasteiger partial charge in [-0.15, -0.1) is 0 Å². The summed E-state index contributed by atoms with van der Waals surface area (Å²) in [5, 5.41) is 3.46. The molecule has 1 saturated heterocycles. The molecule has 1 aromatic carbocycles. The molecule has 1 N–H and O–H groups in total. The highest BCUT2D eigenvalue weighted by Gasteiger charge is 2.24. The molecule has 1 fully saturated rings. The number of amides is 1. The van der Waals surface area contributed by atoms with Crippen molar-refractivity contribution < 1.29 is 4.79 Å². The second kappa shape index (κ2) is 7.53. The van der Waals surface area contributed by atoms with Crippen molar-refractivity contribution >= 4 is 34.6 Å². The zero-order valence-corrected chi connectivity index (χ0v) is 14.8. The van der Waals surface area contributed by atoms with Crippen LogP contribution in [0.3, 0.4) is 0 Å². The van der Waals surface area contributed by atoms with Crippen LogP contribution >= 0.6 is 11.8 Å². The molecule has 2 heterocycles. The van der Waals surface area contributed by atoms with E-state index in [1.165, 1.54) is 30.2 Å². The SMILES string of the molecule is CCCCc1ccc(N=C2NC(=O)/C(=C\c3cccn3C)S2)cc1. The topological polar surface area (TPSA) is 46.4 Å². The maximum absolute atomic E-state index is 12.1. The number of rotatable bonds is 5. The number of amidine groups is 1. The second-order valence-electron chi connectivity index (χ2n) is 5.80. The highest BCUT2D eigenvalue weighted by molar-refractivity contribution is 8.18. The van der Waals surface area contributed by atoms with E-state index in [4.69, 9.17) is 0 Å². The summed E-state index contributed by atoms with van der Waals surface area (Å²) in [5.74, 6) is -0.0977. The average Bonchev–Trinajstić information content (AvgIpc) is 3.13. The van der Waals surface area contributed by atoms with Crippen LogP contribution in [0.15, 0.2) is 52.5 Å². The fourth-order valence-electron chi connectivity index (χ4n) is 2.47. The van der Waals surface area contributed by atoms with Gasteiger partial charge in [0, 0.05) is 18.9 Å². The molecule has 0 atom stereocenters. The van der Waals surface area contributed by atoms with Crippen molar-refractivity contribution in [2.45, 2.75) is 26.2 Å². The van der Waals surface area contributed by atoms with Crippen LogP contribution in [-0.2, 0) is 18.3 Å². The van der Waals surface area contributed by atoms with E-state index in [9.17, 15) is 4.79 Å². The average molecular weight is 339 g/mol. The second-order valence-corrected chi connectivity index (χ2v) is 6.83. The fourth-order valence-corrected chi connectivity index (χ4v) is 3.30. The lowest BCUT2D eigenvalue weighted by Gasteiger charge is -2.01. The Morgan fingerprint density at radius 3 is 2.71 bits per heavy atom. The number of carbonyl (C=O) groups excluding carboxylic acids is 1. The number of benzene rings is 1. The number of thioether (sulfide) groups is 1. The molecular weight excluding hydrogens is 318 g/mol. The Labute approximate surface area is 146 Å². The van der Waals surface area contributed by atoms with Gasteiger partial charge in [-0.3, -0.25) is 4.79 Å². The minimum atomic E-state index is -0.0977. The molecule has 1 aliphatic rings. The summed E-state index contributed by atoms with van der Waals surface area (Å²) in [6.45, 7) is 2.20. The highest BCUT2D eigenvalue weighted by Crippen LogP contribution is 2.28. The summed E-state index contributed by atoms with van der Waals surface area (Å²) in [6, 6.07) is 12.2. The maximum atomic E-state index is 12.1. The largest absolute Gasteiger partial charge is 0.351 e. The van der Waals surface area contributed by atoms with Crippen molar-refractivity contribution in [3.63, 3.8) is 0 Å². The van der Waals surface area contributed by atoms with Crippen molar-refractivity contribution in [1.82, 2.24) is 9.88 Å². The molecular formula is C19H21N3OS. The van der Waals surface area contributed by atoms with E-state index in [0.717, 1.165) is 17.8 Å². The first-order chi connectivity index (χ1) is 11.7. The van der Waals surface area contributed by atoms with Gasteiger partial charge in [-0.2, -0.15) is 0 Å². The molecule has 1 aromatic heterocycles. The Bertz CT molecular complexity index is 787. The third-order valence-electron chi connectivity index (χ3n) is 3.90. The molecule has 124 valence electrons. The first-order valence-electron chi connectivity index (χ1n) is 8.15. The minimum absolute atomic E-state index is 0.0977. The van der Waals surface area contributed by atoms with Crippen molar-refractivity contribution in [2.75, 3.05) is 0 Å². The molecule has 1 amide bonds. The number of aryl methyl sites for hydroxylation is 2. The Kier molecular flexibility index (Phi) is 5.20. The normalized spacial score (nSPS) is 17.7. The van der Waals surface area contributed by atoms with Gasteiger partial charge < -0.3 is 9.88 Å². The molecule has 0 bridgehead atoms. The summed E-state index contributed by atoms with van der Waals surface area (Å²) < 4.78 is 1.98. The molecule has 0 unspecified atom stereocenters. The third-order valence-corrected chi connectivity index (χ3v) is 4.81. The number of unbranched alkanes of at least 4 members (excludes halogenated alkanes) is 1. The Hall–Kier alpha value is -2.27. The lowest BCUT2D eigenvalue weighted by atomic mass is 10.1. The highest BCUT2D eigenvalue weighted by atomic mass is 32.2. The zero-order valence-electron chi connectivity index (χ0n) is 14.0. The fraction of sp³-hybridized carbons (Fsp3) is 0.263. The van der Waals surface area contributed by atoms with Crippen LogP contribution in [0.2, 0.25) is 0 Å². The van der Waals surface area contributed by atoms with Crippen LogP contribution in [0.5, 0.6) is 0 Å². The van der Waals surface area contributed by atoms with Gasteiger partial charge in [-0.25, -0.2) is 4.99 Å². The van der Waals surface area contributed by atoms with Crippen LogP contribution < -0.4 is 5.32 Å². The number of hydrogen-bond donors (Lipinski definition) is 1. The number of aliphatic imine (C=N–C) groups is 1. The Morgan fingerprint density at radius 2 is 2.04 bits per heavy atom. The Balaban J connectivity index is 1.72. The number of nitrogens with one attached hydrogen (secondary N) is 1. The van der Waals surface area contributed by atoms with Gasteiger partial charge in [0.25, 0.3) is 5.91 Å². The monoisotopic (exact) mass is 339 g/mol. The first-order valence-corrected chi connectivity index (χ1v) is 8.97. The van der Waals surface area contributed by atoms with E-state index in [1.807, 2.05) is 48.2 Å². The summed E-state index contributed by atoms with van der Waals surface area (Å²) in [4.78, 5) is 17.3. The molecule has 1 aliphatic heterocycles. The van der Waals surface area contributed by atoms with E-state index in [-0.39, 0.29) is 5.91 Å².